The number of nitrogens with zero attached hydrogens (tertiary/aromatic N) is 4. The van der Waals surface area contributed by atoms with E-state index in [0.717, 1.165) is 18.4 Å². The number of rotatable bonds is 3. The number of hydrogen-bond acceptors (Lipinski definition) is 5. The Bertz CT molecular complexity index is 393. The molecule has 15 heavy (non-hydrogen) atoms. The van der Waals surface area contributed by atoms with Crippen molar-refractivity contribution < 1.29 is 0 Å². The summed E-state index contributed by atoms with van der Waals surface area (Å²) in [6, 6.07) is 3.59. The third-order valence-corrected chi connectivity index (χ3v) is 2.15. The van der Waals surface area contributed by atoms with E-state index in [4.69, 9.17) is 5.73 Å². The van der Waals surface area contributed by atoms with Crippen molar-refractivity contribution in [3.8, 4) is 0 Å². The molecular formula is C10H13N5. The predicted octanol–water partition coefficient (Wildman–Crippen LogP) is 2.00. The molecule has 0 spiro atoms. The summed E-state index contributed by atoms with van der Waals surface area (Å²) in [4.78, 5) is 8.37. The van der Waals surface area contributed by atoms with Crippen molar-refractivity contribution in [3.05, 3.63) is 23.9 Å². The summed E-state index contributed by atoms with van der Waals surface area (Å²) in [5.41, 5.74) is 6.36. The topological polar surface area (TPSA) is 76.0 Å². The van der Waals surface area contributed by atoms with Crippen LogP contribution >= 0.6 is 0 Å². The monoisotopic (exact) mass is 203 g/mol. The number of nitrogens with two attached hydrogens (primary N) is 1. The summed E-state index contributed by atoms with van der Waals surface area (Å²) < 4.78 is 0. The molecule has 0 bridgehead atoms. The Morgan fingerprint density at radius 3 is 2.93 bits per heavy atom. The summed E-state index contributed by atoms with van der Waals surface area (Å²) >= 11 is 0. The molecule has 5 heteroatoms. The zero-order valence-corrected chi connectivity index (χ0v) is 8.59. The van der Waals surface area contributed by atoms with E-state index in [-0.39, 0.29) is 6.17 Å². The molecule has 1 unspecified atom stereocenters. The standard InChI is InChI=1S/C10H13N5/c1-2-3-9-13-10(15-14-9)7-4-5-8(11)12-6-7/h4-6,9H,2-3H2,1H3,(H2,11,12). The average Bonchev–Trinajstić information content (AvgIpc) is 2.68. The Balaban J connectivity index is 2.16. The van der Waals surface area contributed by atoms with Crippen LogP contribution in [0.1, 0.15) is 25.3 Å². The van der Waals surface area contributed by atoms with Gasteiger partial charge in [0.15, 0.2) is 12.0 Å². The molecule has 1 aliphatic rings. The normalized spacial score (nSPS) is 19.3. The van der Waals surface area contributed by atoms with Crippen molar-refractivity contribution in [2.45, 2.75) is 25.9 Å². The second-order valence-electron chi connectivity index (χ2n) is 3.41. The molecule has 0 fully saturated rings. The summed E-state index contributed by atoms with van der Waals surface area (Å²) in [5.74, 6) is 1.15. The summed E-state index contributed by atoms with van der Waals surface area (Å²) in [6.45, 7) is 2.10. The second-order valence-corrected chi connectivity index (χ2v) is 3.41. The van der Waals surface area contributed by atoms with E-state index in [9.17, 15) is 0 Å². The van der Waals surface area contributed by atoms with Gasteiger partial charge in [-0.2, -0.15) is 5.11 Å². The van der Waals surface area contributed by atoms with Gasteiger partial charge in [-0.25, -0.2) is 9.98 Å². The number of aliphatic imine (C=N–C) groups is 1. The Morgan fingerprint density at radius 1 is 1.40 bits per heavy atom. The first kappa shape index (κ1) is 9.76. The van der Waals surface area contributed by atoms with Crippen LogP contribution in [0.2, 0.25) is 0 Å². The van der Waals surface area contributed by atoms with Gasteiger partial charge >= 0.3 is 0 Å². The maximum Gasteiger partial charge on any atom is 0.180 e. The van der Waals surface area contributed by atoms with Crippen molar-refractivity contribution >= 4 is 11.7 Å². The van der Waals surface area contributed by atoms with Gasteiger partial charge in [-0.15, -0.1) is 5.11 Å². The van der Waals surface area contributed by atoms with Gasteiger partial charge in [0.05, 0.1) is 0 Å². The Hall–Kier alpha value is -1.78. The number of aromatic nitrogens is 1. The van der Waals surface area contributed by atoms with E-state index in [2.05, 4.69) is 27.1 Å². The van der Waals surface area contributed by atoms with E-state index in [1.165, 1.54) is 0 Å². The van der Waals surface area contributed by atoms with Crippen molar-refractivity contribution in [1.82, 2.24) is 4.98 Å². The van der Waals surface area contributed by atoms with Gasteiger partial charge in [-0.3, -0.25) is 0 Å². The van der Waals surface area contributed by atoms with Gasteiger partial charge in [0.2, 0.25) is 0 Å². The smallest absolute Gasteiger partial charge is 0.180 e. The van der Waals surface area contributed by atoms with E-state index in [0.29, 0.717) is 11.7 Å². The van der Waals surface area contributed by atoms with Crippen LogP contribution in [-0.2, 0) is 0 Å². The zero-order chi connectivity index (χ0) is 10.7. The highest BCUT2D eigenvalue weighted by Gasteiger charge is 2.14. The highest BCUT2D eigenvalue weighted by molar-refractivity contribution is 5.99. The fourth-order valence-corrected chi connectivity index (χ4v) is 1.36. The lowest BCUT2D eigenvalue weighted by atomic mass is 10.2. The largest absolute Gasteiger partial charge is 0.384 e. The van der Waals surface area contributed by atoms with Crippen LogP contribution in [0.25, 0.3) is 0 Å². The van der Waals surface area contributed by atoms with Gasteiger partial charge in [0.1, 0.15) is 5.82 Å². The highest BCUT2D eigenvalue weighted by Crippen LogP contribution is 2.15. The average molecular weight is 203 g/mol. The Morgan fingerprint density at radius 2 is 2.27 bits per heavy atom. The first-order chi connectivity index (χ1) is 7.29. The minimum Gasteiger partial charge on any atom is -0.384 e. The summed E-state index contributed by atoms with van der Waals surface area (Å²) in [7, 11) is 0. The molecule has 0 aromatic carbocycles. The molecule has 1 aliphatic heterocycles. The first-order valence-corrected chi connectivity index (χ1v) is 5.00. The van der Waals surface area contributed by atoms with Gasteiger partial charge in [0.25, 0.3) is 0 Å². The van der Waals surface area contributed by atoms with Gasteiger partial charge in [0, 0.05) is 11.8 Å². The van der Waals surface area contributed by atoms with Crippen LogP contribution < -0.4 is 5.73 Å². The molecule has 0 saturated heterocycles. The van der Waals surface area contributed by atoms with E-state index >= 15 is 0 Å². The van der Waals surface area contributed by atoms with E-state index in [1.807, 2.05) is 6.07 Å². The summed E-state index contributed by atoms with van der Waals surface area (Å²) in [6.07, 6.45) is 3.65. The molecule has 1 atom stereocenters. The highest BCUT2D eigenvalue weighted by atomic mass is 15.3. The number of nitrogen functional groups attached to an aromatic ring is 1. The first-order valence-electron chi connectivity index (χ1n) is 5.00. The molecule has 1 aromatic heterocycles. The molecule has 0 amide bonds. The maximum atomic E-state index is 5.50. The van der Waals surface area contributed by atoms with Crippen molar-refractivity contribution in [2.75, 3.05) is 5.73 Å². The number of azo groups is 1. The van der Waals surface area contributed by atoms with Gasteiger partial charge in [-0.1, -0.05) is 13.3 Å². The van der Waals surface area contributed by atoms with Crippen LogP contribution in [0.3, 0.4) is 0 Å². The molecule has 0 saturated carbocycles. The van der Waals surface area contributed by atoms with Gasteiger partial charge < -0.3 is 5.73 Å². The lowest BCUT2D eigenvalue weighted by Gasteiger charge is -1.98. The SMILES string of the molecule is CCCC1N=NC(c2ccc(N)nc2)=N1. The van der Waals surface area contributed by atoms with Crippen LogP contribution in [-0.4, -0.2) is 17.0 Å². The second kappa shape index (κ2) is 4.16. The molecule has 5 nitrogen and oxygen atoms in total. The van der Waals surface area contributed by atoms with E-state index < -0.39 is 0 Å². The quantitative estimate of drug-likeness (QED) is 0.815. The molecule has 2 rings (SSSR count). The Labute approximate surface area is 88.2 Å². The minimum absolute atomic E-state index is 0.0115. The molecule has 2 N–H and O–H groups in total. The summed E-state index contributed by atoms with van der Waals surface area (Å²) in [5, 5.41) is 8.10. The van der Waals surface area contributed by atoms with Crippen LogP contribution in [0.4, 0.5) is 5.82 Å². The zero-order valence-electron chi connectivity index (χ0n) is 8.59. The van der Waals surface area contributed by atoms with Crippen LogP contribution in [0, 0.1) is 0 Å². The van der Waals surface area contributed by atoms with Crippen LogP contribution in [0.15, 0.2) is 33.6 Å². The lowest BCUT2D eigenvalue weighted by molar-refractivity contribution is 0.629. The Kier molecular flexibility index (Phi) is 2.71. The molecule has 1 aromatic rings. The molecule has 2 heterocycles. The van der Waals surface area contributed by atoms with Crippen LogP contribution in [0.5, 0.6) is 0 Å². The maximum absolute atomic E-state index is 5.50. The van der Waals surface area contributed by atoms with Gasteiger partial charge in [-0.05, 0) is 18.6 Å². The lowest BCUT2D eigenvalue weighted by Crippen LogP contribution is -1.99. The molecule has 78 valence electrons. The predicted molar refractivity (Wildman–Crippen MR) is 58.7 cm³/mol. The fraction of sp³-hybridized carbons (Fsp3) is 0.400. The molecular weight excluding hydrogens is 190 g/mol. The van der Waals surface area contributed by atoms with Crippen molar-refractivity contribution in [2.24, 2.45) is 15.2 Å². The third-order valence-electron chi connectivity index (χ3n) is 2.15. The third kappa shape index (κ3) is 2.18. The van der Waals surface area contributed by atoms with Crippen molar-refractivity contribution in [1.29, 1.82) is 0 Å². The van der Waals surface area contributed by atoms with Crippen molar-refractivity contribution in [3.63, 3.8) is 0 Å². The van der Waals surface area contributed by atoms with E-state index in [1.54, 1.807) is 12.3 Å². The molecule has 0 radical (unpaired) electrons. The number of pyridine rings is 1. The number of anilines is 1. The number of amidine groups is 1. The number of hydrogen-bond donors (Lipinski definition) is 1. The molecule has 0 aliphatic carbocycles. The fourth-order valence-electron chi connectivity index (χ4n) is 1.36. The minimum atomic E-state index is -0.0115.